The molecule has 0 saturated carbocycles. The molecule has 2 rings (SSSR count). The number of carbonyl (C=O) groups excluding carboxylic acids is 1. The Morgan fingerprint density at radius 2 is 2.12 bits per heavy atom. The van der Waals surface area contributed by atoms with Gasteiger partial charge in [0, 0.05) is 21.9 Å². The molecule has 2 nitrogen and oxygen atoms in total. The molecular weight excluding hydrogens is 285 g/mol. The minimum Gasteiger partial charge on any atom is -0.294 e. The maximum atomic E-state index is 13.1. The maximum Gasteiger partial charge on any atom is 0.168 e. The van der Waals surface area contributed by atoms with Crippen LogP contribution in [0.5, 0.6) is 0 Å². The van der Waals surface area contributed by atoms with E-state index in [1.165, 1.54) is 12.1 Å². The van der Waals surface area contributed by atoms with Crippen LogP contribution in [0.1, 0.15) is 16.1 Å². The van der Waals surface area contributed by atoms with Gasteiger partial charge in [0.2, 0.25) is 0 Å². The number of nitrogens with zero attached hydrogens (tertiary/aromatic N) is 1. The predicted molar refractivity (Wildman–Crippen MR) is 66.4 cm³/mol. The fraction of sp³-hybridized carbons (Fsp3) is 0.0769. The largest absolute Gasteiger partial charge is 0.294 e. The Morgan fingerprint density at radius 3 is 2.76 bits per heavy atom. The molecule has 0 atom stereocenters. The van der Waals surface area contributed by atoms with Crippen LogP contribution in [0, 0.1) is 5.82 Å². The molecule has 0 radical (unpaired) electrons. The van der Waals surface area contributed by atoms with Crippen molar-refractivity contribution >= 4 is 21.7 Å². The monoisotopic (exact) mass is 293 g/mol. The molecule has 4 heteroatoms. The predicted octanol–water partition coefficient (Wildman–Crippen LogP) is 3.41. The van der Waals surface area contributed by atoms with Crippen molar-refractivity contribution in [3.63, 3.8) is 0 Å². The molecule has 17 heavy (non-hydrogen) atoms. The third-order valence-corrected chi connectivity index (χ3v) is 2.71. The highest BCUT2D eigenvalue weighted by Gasteiger charge is 2.09. The lowest BCUT2D eigenvalue weighted by molar-refractivity contribution is 0.0991. The highest BCUT2D eigenvalue weighted by Crippen LogP contribution is 2.16. The van der Waals surface area contributed by atoms with E-state index in [0.717, 1.165) is 0 Å². The fourth-order valence-electron chi connectivity index (χ4n) is 1.48. The van der Waals surface area contributed by atoms with Gasteiger partial charge in [0.05, 0.1) is 6.42 Å². The van der Waals surface area contributed by atoms with Crippen LogP contribution in [0.25, 0.3) is 0 Å². The molecule has 0 aliphatic heterocycles. The van der Waals surface area contributed by atoms with Crippen molar-refractivity contribution in [2.75, 3.05) is 0 Å². The number of benzene rings is 1. The summed E-state index contributed by atoms with van der Waals surface area (Å²) in [6.07, 6.45) is 1.81. The summed E-state index contributed by atoms with van der Waals surface area (Å²) < 4.78 is 13.7. The van der Waals surface area contributed by atoms with Crippen LogP contribution in [0.4, 0.5) is 4.39 Å². The van der Waals surface area contributed by atoms with Gasteiger partial charge in [-0.25, -0.2) is 4.39 Å². The first-order valence-electron chi connectivity index (χ1n) is 5.04. The Hall–Kier alpha value is -1.55. The number of halogens is 2. The highest BCUT2D eigenvalue weighted by molar-refractivity contribution is 9.10. The molecular formula is C13H9BrFNO. The summed E-state index contributed by atoms with van der Waals surface area (Å²) in [6, 6.07) is 9.53. The third-order valence-electron chi connectivity index (χ3n) is 2.25. The highest BCUT2D eigenvalue weighted by atomic mass is 79.9. The number of aromatic nitrogens is 1. The lowest BCUT2D eigenvalue weighted by Crippen LogP contribution is -2.05. The summed E-state index contributed by atoms with van der Waals surface area (Å²) in [5.74, 6) is -0.576. The van der Waals surface area contributed by atoms with Crippen molar-refractivity contribution in [1.82, 2.24) is 4.98 Å². The van der Waals surface area contributed by atoms with E-state index in [1.807, 2.05) is 6.07 Å². The molecule has 86 valence electrons. The van der Waals surface area contributed by atoms with E-state index in [1.54, 1.807) is 24.4 Å². The molecule has 0 spiro atoms. The fourth-order valence-corrected chi connectivity index (χ4v) is 1.95. The number of rotatable bonds is 3. The van der Waals surface area contributed by atoms with Gasteiger partial charge in [0.15, 0.2) is 5.78 Å². The van der Waals surface area contributed by atoms with Gasteiger partial charge >= 0.3 is 0 Å². The summed E-state index contributed by atoms with van der Waals surface area (Å²) in [7, 11) is 0. The Kier molecular flexibility index (Phi) is 3.64. The van der Waals surface area contributed by atoms with Crippen molar-refractivity contribution in [3.05, 3.63) is 64.1 Å². The summed E-state index contributed by atoms with van der Waals surface area (Å²) in [5.41, 5.74) is 1.03. The van der Waals surface area contributed by atoms with Crippen LogP contribution >= 0.6 is 15.9 Å². The van der Waals surface area contributed by atoms with Crippen LogP contribution in [0.15, 0.2) is 47.1 Å². The van der Waals surface area contributed by atoms with Gasteiger partial charge in [-0.05, 0) is 30.3 Å². The zero-order chi connectivity index (χ0) is 12.3. The topological polar surface area (TPSA) is 30.0 Å². The van der Waals surface area contributed by atoms with E-state index < -0.39 is 5.82 Å². The second-order valence-corrected chi connectivity index (χ2v) is 4.49. The second kappa shape index (κ2) is 5.19. The van der Waals surface area contributed by atoms with Crippen LogP contribution < -0.4 is 0 Å². The maximum absolute atomic E-state index is 13.1. The molecule has 0 amide bonds. The second-order valence-electron chi connectivity index (χ2n) is 3.58. The first-order chi connectivity index (χ1) is 8.15. The zero-order valence-corrected chi connectivity index (χ0v) is 10.4. The van der Waals surface area contributed by atoms with Crippen LogP contribution in [-0.2, 0) is 6.42 Å². The number of pyridine rings is 1. The SMILES string of the molecule is O=C(Cc1ccccn1)c1cc(F)cc(Br)c1. The van der Waals surface area contributed by atoms with E-state index in [0.29, 0.717) is 15.7 Å². The smallest absolute Gasteiger partial charge is 0.168 e. The molecule has 0 bridgehead atoms. The average molecular weight is 294 g/mol. The Bertz CT molecular complexity index is 522. The van der Waals surface area contributed by atoms with Gasteiger partial charge < -0.3 is 0 Å². The number of ketones is 1. The van der Waals surface area contributed by atoms with Crippen molar-refractivity contribution in [2.24, 2.45) is 0 Å². The minimum atomic E-state index is -0.427. The van der Waals surface area contributed by atoms with E-state index in [-0.39, 0.29) is 12.2 Å². The molecule has 0 fully saturated rings. The van der Waals surface area contributed by atoms with Crippen molar-refractivity contribution in [3.8, 4) is 0 Å². The molecule has 0 N–H and O–H groups in total. The van der Waals surface area contributed by atoms with Crippen molar-refractivity contribution < 1.29 is 9.18 Å². The van der Waals surface area contributed by atoms with Gasteiger partial charge in [0.25, 0.3) is 0 Å². The summed E-state index contributed by atoms with van der Waals surface area (Å²) in [4.78, 5) is 16.0. The molecule has 0 aliphatic carbocycles. The van der Waals surface area contributed by atoms with Crippen LogP contribution in [0.3, 0.4) is 0 Å². The lowest BCUT2D eigenvalue weighted by atomic mass is 10.1. The molecule has 0 aliphatic rings. The summed E-state index contributed by atoms with van der Waals surface area (Å²) in [6.45, 7) is 0. The van der Waals surface area contributed by atoms with Gasteiger partial charge in [-0.15, -0.1) is 0 Å². The first-order valence-corrected chi connectivity index (χ1v) is 5.83. The van der Waals surface area contributed by atoms with Gasteiger partial charge in [-0.3, -0.25) is 9.78 Å². The van der Waals surface area contributed by atoms with Crippen LogP contribution in [-0.4, -0.2) is 10.8 Å². The van der Waals surface area contributed by atoms with Crippen molar-refractivity contribution in [2.45, 2.75) is 6.42 Å². The average Bonchev–Trinajstić information content (AvgIpc) is 2.29. The molecule has 1 aromatic carbocycles. The van der Waals surface area contributed by atoms with Gasteiger partial charge in [0.1, 0.15) is 5.82 Å². The minimum absolute atomic E-state index is 0.149. The number of hydrogen-bond donors (Lipinski definition) is 0. The summed E-state index contributed by atoms with van der Waals surface area (Å²) >= 11 is 3.16. The number of Topliss-reactive ketones (excluding diaryl/α,β-unsaturated/α-hetero) is 1. The standard InChI is InChI=1S/C13H9BrFNO/c14-10-5-9(6-11(15)7-10)13(17)8-12-3-1-2-4-16-12/h1-7H,8H2. The lowest BCUT2D eigenvalue weighted by Gasteiger charge is -2.02. The molecule has 0 unspecified atom stereocenters. The van der Waals surface area contributed by atoms with Crippen LogP contribution in [0.2, 0.25) is 0 Å². The molecule has 1 heterocycles. The first kappa shape index (κ1) is 11.9. The van der Waals surface area contributed by atoms with Crippen molar-refractivity contribution in [1.29, 1.82) is 0 Å². The number of hydrogen-bond acceptors (Lipinski definition) is 2. The van der Waals surface area contributed by atoms with E-state index >= 15 is 0 Å². The van der Waals surface area contributed by atoms with E-state index in [2.05, 4.69) is 20.9 Å². The van der Waals surface area contributed by atoms with E-state index in [9.17, 15) is 9.18 Å². The number of carbonyl (C=O) groups is 1. The Labute approximate surface area is 107 Å². The molecule has 1 aromatic heterocycles. The zero-order valence-electron chi connectivity index (χ0n) is 8.86. The van der Waals surface area contributed by atoms with Gasteiger partial charge in [-0.1, -0.05) is 22.0 Å². The molecule has 0 saturated heterocycles. The normalized spacial score (nSPS) is 10.2. The van der Waals surface area contributed by atoms with E-state index in [4.69, 9.17) is 0 Å². The Balaban J connectivity index is 2.20. The Morgan fingerprint density at radius 1 is 1.29 bits per heavy atom. The van der Waals surface area contributed by atoms with Gasteiger partial charge in [-0.2, -0.15) is 0 Å². The molecule has 2 aromatic rings. The summed E-state index contributed by atoms with van der Waals surface area (Å²) in [5, 5.41) is 0. The quantitative estimate of drug-likeness (QED) is 0.812. The third kappa shape index (κ3) is 3.20.